The van der Waals surface area contributed by atoms with E-state index in [-0.39, 0.29) is 5.54 Å². The van der Waals surface area contributed by atoms with E-state index in [1.165, 1.54) is 19.3 Å². The average Bonchev–Trinajstić information content (AvgIpc) is 2.90. The van der Waals surface area contributed by atoms with E-state index in [0.29, 0.717) is 11.8 Å². The molecular formula is C16H29N3O. The molecule has 1 saturated carbocycles. The van der Waals surface area contributed by atoms with E-state index in [0.717, 1.165) is 43.8 Å². The van der Waals surface area contributed by atoms with Crippen LogP contribution in [0.1, 0.15) is 89.8 Å². The third-order valence-electron chi connectivity index (χ3n) is 4.67. The molecule has 4 nitrogen and oxygen atoms in total. The minimum Gasteiger partial charge on any atom is -0.339 e. The third kappa shape index (κ3) is 3.40. The van der Waals surface area contributed by atoms with Gasteiger partial charge >= 0.3 is 0 Å². The summed E-state index contributed by atoms with van der Waals surface area (Å²) in [5.41, 5.74) is 6.17. The van der Waals surface area contributed by atoms with Crippen LogP contribution in [0.25, 0.3) is 0 Å². The van der Waals surface area contributed by atoms with Crippen LogP contribution in [0.5, 0.6) is 0 Å². The second kappa shape index (κ2) is 6.70. The quantitative estimate of drug-likeness (QED) is 0.850. The van der Waals surface area contributed by atoms with Crippen molar-refractivity contribution < 1.29 is 4.52 Å². The largest absolute Gasteiger partial charge is 0.339 e. The highest BCUT2D eigenvalue weighted by Gasteiger charge is 2.37. The summed E-state index contributed by atoms with van der Waals surface area (Å²) in [6.45, 7) is 6.66. The fourth-order valence-electron chi connectivity index (χ4n) is 3.35. The Labute approximate surface area is 122 Å². The van der Waals surface area contributed by atoms with Crippen LogP contribution in [0, 0.1) is 5.92 Å². The lowest BCUT2D eigenvalue weighted by molar-refractivity contribution is 0.221. The zero-order chi connectivity index (χ0) is 14.6. The molecule has 0 spiro atoms. The van der Waals surface area contributed by atoms with Gasteiger partial charge in [0.1, 0.15) is 0 Å². The number of aromatic nitrogens is 2. The molecule has 1 aromatic rings. The molecular weight excluding hydrogens is 250 g/mol. The van der Waals surface area contributed by atoms with E-state index in [4.69, 9.17) is 10.3 Å². The highest BCUT2D eigenvalue weighted by Crippen LogP contribution is 2.37. The first-order valence-corrected chi connectivity index (χ1v) is 8.22. The predicted molar refractivity (Wildman–Crippen MR) is 80.4 cm³/mol. The van der Waals surface area contributed by atoms with Gasteiger partial charge in [0.05, 0.1) is 5.54 Å². The van der Waals surface area contributed by atoms with Gasteiger partial charge in [-0.1, -0.05) is 51.6 Å². The molecule has 0 aliphatic heterocycles. The summed E-state index contributed by atoms with van der Waals surface area (Å²) in [5.74, 6) is 2.56. The molecule has 1 aliphatic rings. The van der Waals surface area contributed by atoms with Crippen molar-refractivity contribution in [3.05, 3.63) is 11.7 Å². The van der Waals surface area contributed by atoms with Crippen LogP contribution in [0.4, 0.5) is 0 Å². The predicted octanol–water partition coefficient (Wildman–Crippen LogP) is 4.12. The Morgan fingerprint density at radius 1 is 1.45 bits per heavy atom. The first kappa shape index (κ1) is 15.5. The molecule has 1 heterocycles. The molecule has 4 heteroatoms. The molecule has 2 rings (SSSR count). The molecule has 3 unspecified atom stereocenters. The van der Waals surface area contributed by atoms with Gasteiger partial charge in [0, 0.05) is 5.92 Å². The van der Waals surface area contributed by atoms with Crippen molar-refractivity contribution in [3.8, 4) is 0 Å². The SMILES string of the molecule is CCCCC(CC)c1nc(C2(N)CCCC(C)C2)no1. The second-order valence-corrected chi connectivity index (χ2v) is 6.56. The van der Waals surface area contributed by atoms with Crippen molar-refractivity contribution in [3.63, 3.8) is 0 Å². The van der Waals surface area contributed by atoms with Crippen LogP contribution in [0.2, 0.25) is 0 Å². The lowest BCUT2D eigenvalue weighted by Crippen LogP contribution is -2.42. The van der Waals surface area contributed by atoms with E-state index in [9.17, 15) is 0 Å². The third-order valence-corrected chi connectivity index (χ3v) is 4.67. The van der Waals surface area contributed by atoms with E-state index < -0.39 is 0 Å². The topological polar surface area (TPSA) is 64.9 Å². The van der Waals surface area contributed by atoms with Crippen molar-refractivity contribution in [2.75, 3.05) is 0 Å². The minimum absolute atomic E-state index is 0.373. The van der Waals surface area contributed by atoms with Gasteiger partial charge in [-0.15, -0.1) is 0 Å². The summed E-state index contributed by atoms with van der Waals surface area (Å²) in [4.78, 5) is 4.66. The first-order chi connectivity index (χ1) is 9.59. The van der Waals surface area contributed by atoms with Gasteiger partial charge in [0.25, 0.3) is 0 Å². The maximum absolute atomic E-state index is 6.54. The highest BCUT2D eigenvalue weighted by molar-refractivity contribution is 5.07. The van der Waals surface area contributed by atoms with Crippen molar-refractivity contribution in [2.45, 2.75) is 83.6 Å². The van der Waals surface area contributed by atoms with Gasteiger partial charge in [0.2, 0.25) is 5.89 Å². The summed E-state index contributed by atoms with van der Waals surface area (Å²) in [6, 6.07) is 0. The van der Waals surface area contributed by atoms with Gasteiger partial charge in [-0.25, -0.2) is 0 Å². The lowest BCUT2D eigenvalue weighted by atomic mass is 9.76. The van der Waals surface area contributed by atoms with Gasteiger partial charge in [-0.2, -0.15) is 4.98 Å². The van der Waals surface area contributed by atoms with Gasteiger partial charge in [0.15, 0.2) is 5.82 Å². The lowest BCUT2D eigenvalue weighted by Gasteiger charge is -2.33. The second-order valence-electron chi connectivity index (χ2n) is 6.56. The van der Waals surface area contributed by atoms with Crippen LogP contribution < -0.4 is 5.73 Å². The Hall–Kier alpha value is -0.900. The zero-order valence-corrected chi connectivity index (χ0v) is 13.2. The van der Waals surface area contributed by atoms with E-state index in [1.54, 1.807) is 0 Å². The summed E-state index contributed by atoms with van der Waals surface area (Å²) >= 11 is 0. The number of nitrogens with zero attached hydrogens (tertiary/aromatic N) is 2. The summed E-state index contributed by atoms with van der Waals surface area (Å²) in [6.07, 6.45) is 8.96. The molecule has 0 saturated heterocycles. The molecule has 0 aromatic carbocycles. The smallest absolute Gasteiger partial charge is 0.229 e. The molecule has 20 heavy (non-hydrogen) atoms. The Morgan fingerprint density at radius 2 is 2.25 bits per heavy atom. The zero-order valence-electron chi connectivity index (χ0n) is 13.2. The highest BCUT2D eigenvalue weighted by atomic mass is 16.5. The van der Waals surface area contributed by atoms with E-state index in [1.807, 2.05) is 0 Å². The number of hydrogen-bond donors (Lipinski definition) is 1. The molecule has 0 radical (unpaired) electrons. The summed E-state index contributed by atoms with van der Waals surface area (Å²) in [7, 11) is 0. The number of hydrogen-bond acceptors (Lipinski definition) is 4. The summed E-state index contributed by atoms with van der Waals surface area (Å²) < 4.78 is 5.53. The van der Waals surface area contributed by atoms with Gasteiger partial charge < -0.3 is 10.3 Å². The maximum Gasteiger partial charge on any atom is 0.229 e. The van der Waals surface area contributed by atoms with Gasteiger partial charge in [-0.05, 0) is 31.6 Å². The minimum atomic E-state index is -0.373. The number of rotatable bonds is 6. The Bertz CT molecular complexity index is 418. The van der Waals surface area contributed by atoms with Crippen molar-refractivity contribution in [1.82, 2.24) is 10.1 Å². The Kier molecular flexibility index (Phi) is 5.19. The molecule has 2 N–H and O–H groups in total. The molecule has 1 aliphatic carbocycles. The standard InChI is InChI=1S/C16H29N3O/c1-4-6-9-13(5-2)14-18-15(19-20-14)16(17)10-7-8-12(3)11-16/h12-13H,4-11,17H2,1-3H3. The number of nitrogens with two attached hydrogens (primary N) is 1. The normalized spacial score (nSPS) is 28.5. The van der Waals surface area contributed by atoms with Crippen LogP contribution in [-0.4, -0.2) is 10.1 Å². The Balaban J connectivity index is 2.10. The van der Waals surface area contributed by atoms with Crippen molar-refractivity contribution in [2.24, 2.45) is 11.7 Å². The maximum atomic E-state index is 6.54. The molecule has 1 aromatic heterocycles. The van der Waals surface area contributed by atoms with Crippen molar-refractivity contribution in [1.29, 1.82) is 0 Å². The first-order valence-electron chi connectivity index (χ1n) is 8.22. The van der Waals surface area contributed by atoms with E-state index in [2.05, 4.69) is 30.9 Å². The monoisotopic (exact) mass is 279 g/mol. The van der Waals surface area contributed by atoms with Crippen LogP contribution in [0.15, 0.2) is 4.52 Å². The van der Waals surface area contributed by atoms with E-state index >= 15 is 0 Å². The van der Waals surface area contributed by atoms with Gasteiger partial charge in [-0.3, -0.25) is 0 Å². The Morgan fingerprint density at radius 3 is 2.90 bits per heavy atom. The molecule has 0 bridgehead atoms. The molecule has 1 fully saturated rings. The van der Waals surface area contributed by atoms with Crippen LogP contribution >= 0.6 is 0 Å². The number of unbranched alkanes of at least 4 members (excludes halogenated alkanes) is 1. The molecule has 3 atom stereocenters. The molecule has 114 valence electrons. The summed E-state index contributed by atoms with van der Waals surface area (Å²) in [5, 5.41) is 4.21. The fraction of sp³-hybridized carbons (Fsp3) is 0.875. The van der Waals surface area contributed by atoms with Crippen LogP contribution in [0.3, 0.4) is 0 Å². The molecule has 0 amide bonds. The van der Waals surface area contributed by atoms with Crippen molar-refractivity contribution >= 4 is 0 Å². The fourth-order valence-corrected chi connectivity index (χ4v) is 3.35. The average molecular weight is 279 g/mol. The van der Waals surface area contributed by atoms with Crippen LogP contribution in [-0.2, 0) is 5.54 Å².